The Hall–Kier alpha value is -4.18. The van der Waals surface area contributed by atoms with Crippen molar-refractivity contribution in [3.05, 3.63) is 89.5 Å². The van der Waals surface area contributed by atoms with Gasteiger partial charge in [-0.05, 0) is 61.5 Å². The number of nitrogens with zero attached hydrogens (tertiary/aromatic N) is 2. The lowest BCUT2D eigenvalue weighted by molar-refractivity contribution is -0.137. The van der Waals surface area contributed by atoms with Crippen molar-refractivity contribution in [3.63, 3.8) is 0 Å². The number of hydrogen-bond donors (Lipinski definition) is 2. The van der Waals surface area contributed by atoms with Crippen LogP contribution in [-0.4, -0.2) is 40.5 Å². The van der Waals surface area contributed by atoms with Crippen LogP contribution in [-0.2, 0) is 6.18 Å². The van der Waals surface area contributed by atoms with Crippen molar-refractivity contribution in [2.24, 2.45) is 0 Å². The molecule has 7 nitrogen and oxygen atoms in total. The van der Waals surface area contributed by atoms with E-state index in [0.717, 1.165) is 23.3 Å². The first-order valence-electron chi connectivity index (χ1n) is 11.0. The van der Waals surface area contributed by atoms with Crippen LogP contribution in [0.3, 0.4) is 0 Å². The number of aliphatic hydroxyl groups excluding tert-OH is 1. The minimum atomic E-state index is -4.49. The molecule has 1 aromatic heterocycles. The molecule has 0 bridgehead atoms. The van der Waals surface area contributed by atoms with E-state index in [0.29, 0.717) is 22.9 Å². The van der Waals surface area contributed by atoms with Crippen molar-refractivity contribution in [2.75, 3.05) is 13.2 Å². The Morgan fingerprint density at radius 2 is 1.69 bits per heavy atom. The molecule has 0 aliphatic carbocycles. The maximum absolute atomic E-state index is 12.8. The fourth-order valence-electron chi connectivity index (χ4n) is 3.32. The molecule has 0 aliphatic rings. The van der Waals surface area contributed by atoms with Crippen LogP contribution < -0.4 is 10.1 Å². The summed E-state index contributed by atoms with van der Waals surface area (Å²) in [6.07, 6.45) is -5.62. The van der Waals surface area contributed by atoms with E-state index >= 15 is 0 Å². The lowest BCUT2D eigenvalue weighted by Crippen LogP contribution is -2.35. The predicted molar refractivity (Wildman–Crippen MR) is 125 cm³/mol. The molecular formula is C26H22F3N3O4. The van der Waals surface area contributed by atoms with Gasteiger partial charge in [0.05, 0.1) is 5.56 Å². The Bertz CT molecular complexity index is 1340. The highest BCUT2D eigenvalue weighted by molar-refractivity contribution is 5.94. The van der Waals surface area contributed by atoms with E-state index in [1.807, 2.05) is 31.2 Å². The summed E-state index contributed by atoms with van der Waals surface area (Å²) < 4.78 is 49.3. The SMILES string of the molecule is Cc1cccc(-c2nnc(-c3ccc(C(=O)NCC(O)COc4cccc(C(F)(F)F)c4)cc3)o2)c1. The summed E-state index contributed by atoms with van der Waals surface area (Å²) in [7, 11) is 0. The molecule has 1 amide bonds. The van der Waals surface area contributed by atoms with Gasteiger partial charge in [-0.1, -0.05) is 23.8 Å². The van der Waals surface area contributed by atoms with Crippen LogP contribution in [0.15, 0.2) is 77.2 Å². The fraction of sp³-hybridized carbons (Fsp3) is 0.192. The average Bonchev–Trinajstić information content (AvgIpc) is 3.36. The van der Waals surface area contributed by atoms with Crippen LogP contribution >= 0.6 is 0 Å². The van der Waals surface area contributed by atoms with Crippen molar-refractivity contribution in [2.45, 2.75) is 19.2 Å². The predicted octanol–water partition coefficient (Wildman–Crippen LogP) is 4.90. The molecule has 0 fully saturated rings. The van der Waals surface area contributed by atoms with Crippen LogP contribution in [0.1, 0.15) is 21.5 Å². The van der Waals surface area contributed by atoms with Crippen molar-refractivity contribution in [3.8, 4) is 28.7 Å². The van der Waals surface area contributed by atoms with Gasteiger partial charge in [-0.2, -0.15) is 13.2 Å². The minimum absolute atomic E-state index is 0.0302. The van der Waals surface area contributed by atoms with Crippen LogP contribution in [0.25, 0.3) is 22.9 Å². The standard InChI is InChI=1S/C26H22F3N3O4/c1-16-4-2-5-19(12-16)25-32-31-24(36-25)18-10-8-17(9-11-18)23(34)30-14-21(33)15-35-22-7-3-6-20(13-22)26(27,28)29/h2-13,21,33H,14-15H2,1H3,(H,30,34). The number of carbonyl (C=O) groups excluding carboxylic acids is 1. The normalized spacial score (nSPS) is 12.2. The summed E-state index contributed by atoms with van der Waals surface area (Å²) in [5.41, 5.74) is 1.99. The Morgan fingerprint density at radius 1 is 1.00 bits per heavy atom. The summed E-state index contributed by atoms with van der Waals surface area (Å²) in [6.45, 7) is 1.52. The Labute approximate surface area is 204 Å². The number of carbonyl (C=O) groups is 1. The first kappa shape index (κ1) is 24.9. The Balaban J connectivity index is 1.29. The monoisotopic (exact) mass is 497 g/mol. The number of aryl methyl sites for hydroxylation is 1. The van der Waals surface area contributed by atoms with Crippen LogP contribution in [0.5, 0.6) is 5.75 Å². The highest BCUT2D eigenvalue weighted by Gasteiger charge is 2.30. The quantitative estimate of drug-likeness (QED) is 0.359. The van der Waals surface area contributed by atoms with Crippen LogP contribution in [0.4, 0.5) is 13.2 Å². The third-order valence-corrected chi connectivity index (χ3v) is 5.19. The number of aliphatic hydroxyl groups is 1. The van der Waals surface area contributed by atoms with Crippen LogP contribution in [0, 0.1) is 6.92 Å². The molecule has 4 rings (SSSR count). The number of hydrogen-bond acceptors (Lipinski definition) is 6. The highest BCUT2D eigenvalue weighted by atomic mass is 19.4. The van der Waals surface area contributed by atoms with E-state index < -0.39 is 23.8 Å². The van der Waals surface area contributed by atoms with Gasteiger partial charge in [0.1, 0.15) is 18.5 Å². The third-order valence-electron chi connectivity index (χ3n) is 5.19. The maximum atomic E-state index is 12.8. The zero-order valence-corrected chi connectivity index (χ0v) is 19.1. The molecule has 36 heavy (non-hydrogen) atoms. The largest absolute Gasteiger partial charge is 0.491 e. The fourth-order valence-corrected chi connectivity index (χ4v) is 3.32. The average molecular weight is 497 g/mol. The topological polar surface area (TPSA) is 97.5 Å². The summed E-state index contributed by atoms with van der Waals surface area (Å²) in [4.78, 5) is 12.4. The molecular weight excluding hydrogens is 475 g/mol. The number of amides is 1. The van der Waals surface area contributed by atoms with Gasteiger partial charge in [-0.15, -0.1) is 10.2 Å². The van der Waals surface area contributed by atoms with Crippen molar-refractivity contribution >= 4 is 5.91 Å². The van der Waals surface area contributed by atoms with Crippen molar-refractivity contribution in [1.82, 2.24) is 15.5 Å². The number of nitrogens with one attached hydrogen (secondary N) is 1. The number of benzene rings is 3. The molecule has 0 spiro atoms. The van der Waals surface area contributed by atoms with Gasteiger partial charge in [-0.3, -0.25) is 4.79 Å². The first-order valence-corrected chi connectivity index (χ1v) is 11.0. The summed E-state index contributed by atoms with van der Waals surface area (Å²) >= 11 is 0. The molecule has 2 N–H and O–H groups in total. The molecule has 0 saturated heterocycles. The van der Waals surface area contributed by atoms with Gasteiger partial charge in [0.25, 0.3) is 5.91 Å². The third kappa shape index (κ3) is 6.28. The number of rotatable bonds is 8. The molecule has 1 atom stereocenters. The van der Waals surface area contributed by atoms with E-state index in [4.69, 9.17) is 9.15 Å². The van der Waals surface area contributed by atoms with Gasteiger partial charge in [0.2, 0.25) is 11.8 Å². The maximum Gasteiger partial charge on any atom is 0.416 e. The van der Waals surface area contributed by atoms with E-state index in [9.17, 15) is 23.1 Å². The highest BCUT2D eigenvalue weighted by Crippen LogP contribution is 2.31. The van der Waals surface area contributed by atoms with Gasteiger partial charge in [0.15, 0.2) is 0 Å². The van der Waals surface area contributed by atoms with E-state index in [2.05, 4.69) is 15.5 Å². The minimum Gasteiger partial charge on any atom is -0.491 e. The van der Waals surface area contributed by atoms with E-state index in [-0.39, 0.29) is 18.9 Å². The van der Waals surface area contributed by atoms with Gasteiger partial charge in [-0.25, -0.2) is 0 Å². The van der Waals surface area contributed by atoms with Gasteiger partial charge in [0, 0.05) is 23.2 Å². The zero-order valence-electron chi connectivity index (χ0n) is 19.1. The lowest BCUT2D eigenvalue weighted by atomic mass is 10.1. The molecule has 0 radical (unpaired) electrons. The summed E-state index contributed by atoms with van der Waals surface area (Å²) in [5.74, 6) is 0.223. The van der Waals surface area contributed by atoms with Crippen molar-refractivity contribution in [1.29, 1.82) is 0 Å². The van der Waals surface area contributed by atoms with Gasteiger partial charge >= 0.3 is 6.18 Å². The molecule has 0 saturated carbocycles. The Kier molecular flexibility index (Phi) is 7.35. The summed E-state index contributed by atoms with van der Waals surface area (Å²) in [5, 5.41) is 20.8. The first-order chi connectivity index (χ1) is 17.2. The molecule has 186 valence electrons. The second-order valence-electron chi connectivity index (χ2n) is 8.06. The van der Waals surface area contributed by atoms with Gasteiger partial charge < -0.3 is 19.6 Å². The number of ether oxygens (including phenoxy) is 1. The zero-order chi connectivity index (χ0) is 25.7. The second-order valence-corrected chi connectivity index (χ2v) is 8.06. The number of halogens is 3. The number of aromatic nitrogens is 2. The van der Waals surface area contributed by atoms with Crippen LogP contribution in [0.2, 0.25) is 0 Å². The second kappa shape index (κ2) is 10.6. The molecule has 4 aromatic rings. The number of alkyl halides is 3. The Morgan fingerprint density at radius 3 is 2.39 bits per heavy atom. The van der Waals surface area contributed by atoms with Crippen molar-refractivity contribution < 1.29 is 32.2 Å². The summed E-state index contributed by atoms with van der Waals surface area (Å²) in [6, 6.07) is 18.5. The molecule has 3 aromatic carbocycles. The molecule has 10 heteroatoms. The smallest absolute Gasteiger partial charge is 0.416 e. The van der Waals surface area contributed by atoms with E-state index in [1.165, 1.54) is 12.1 Å². The molecule has 1 heterocycles. The molecule has 0 aliphatic heterocycles. The molecule has 1 unspecified atom stereocenters. The van der Waals surface area contributed by atoms with E-state index in [1.54, 1.807) is 24.3 Å². The lowest BCUT2D eigenvalue weighted by Gasteiger charge is -2.14.